The number of ether oxygens (including phenoxy) is 2. The van der Waals surface area contributed by atoms with Crippen LogP contribution >= 0.6 is 11.3 Å². The second kappa shape index (κ2) is 11.4. The highest BCUT2D eigenvalue weighted by atomic mass is 32.1. The van der Waals surface area contributed by atoms with Crippen LogP contribution in [0.2, 0.25) is 0 Å². The van der Waals surface area contributed by atoms with E-state index in [1.807, 2.05) is 73.3 Å². The van der Waals surface area contributed by atoms with Gasteiger partial charge in [-0.15, -0.1) is 11.3 Å². The maximum atomic E-state index is 13.6. The minimum atomic E-state index is -0.207. The molecule has 0 fully saturated rings. The summed E-state index contributed by atoms with van der Waals surface area (Å²) in [6, 6.07) is 18.9. The molecule has 2 heterocycles. The number of fused-ring (bicyclic) bond motifs is 1. The van der Waals surface area contributed by atoms with Crippen LogP contribution in [0.4, 0.5) is 0 Å². The largest absolute Gasteiger partial charge is 0.497 e. The van der Waals surface area contributed by atoms with Crippen LogP contribution in [0.15, 0.2) is 66.0 Å². The number of benzene rings is 2. The molecule has 1 atom stereocenters. The number of carbonyl (C=O) groups is 2. The molecule has 1 aliphatic rings. The molecular formula is C28H32N2O4S. The van der Waals surface area contributed by atoms with E-state index in [9.17, 15) is 9.59 Å². The molecule has 6 nitrogen and oxygen atoms in total. The van der Waals surface area contributed by atoms with E-state index in [1.165, 1.54) is 4.88 Å². The molecule has 0 aliphatic carbocycles. The Hall–Kier alpha value is -3.32. The third kappa shape index (κ3) is 6.03. The zero-order valence-corrected chi connectivity index (χ0v) is 21.3. The summed E-state index contributed by atoms with van der Waals surface area (Å²) in [6.45, 7) is 4.90. The monoisotopic (exact) mass is 492 g/mol. The number of hydrogen-bond acceptors (Lipinski definition) is 5. The molecule has 0 radical (unpaired) electrons. The van der Waals surface area contributed by atoms with Gasteiger partial charge in [0.1, 0.15) is 24.7 Å². The Balaban J connectivity index is 1.49. The number of thiophene rings is 1. The van der Waals surface area contributed by atoms with Gasteiger partial charge >= 0.3 is 0 Å². The fourth-order valence-corrected chi connectivity index (χ4v) is 5.34. The first-order valence-electron chi connectivity index (χ1n) is 11.9. The van der Waals surface area contributed by atoms with Crippen molar-refractivity contribution < 1.29 is 19.1 Å². The van der Waals surface area contributed by atoms with Crippen molar-refractivity contribution in [3.8, 4) is 11.5 Å². The quantitative estimate of drug-likeness (QED) is 0.433. The second-order valence-electron chi connectivity index (χ2n) is 8.92. The molecule has 4 rings (SSSR count). The molecule has 2 amide bonds. The lowest BCUT2D eigenvalue weighted by atomic mass is 10.00. The van der Waals surface area contributed by atoms with E-state index in [2.05, 4.69) is 11.4 Å². The van der Waals surface area contributed by atoms with Crippen LogP contribution in [0.3, 0.4) is 0 Å². The zero-order chi connectivity index (χ0) is 24.8. The highest BCUT2D eigenvalue weighted by Crippen LogP contribution is 2.34. The molecule has 2 aromatic carbocycles. The Morgan fingerprint density at radius 1 is 1.09 bits per heavy atom. The predicted octanol–water partition coefficient (Wildman–Crippen LogP) is 4.74. The highest BCUT2D eigenvalue weighted by molar-refractivity contribution is 7.10. The van der Waals surface area contributed by atoms with Crippen LogP contribution in [0, 0.1) is 0 Å². The van der Waals surface area contributed by atoms with Gasteiger partial charge in [-0.2, -0.15) is 0 Å². The van der Waals surface area contributed by atoms with Crippen molar-refractivity contribution in [1.82, 2.24) is 9.80 Å². The lowest BCUT2D eigenvalue weighted by Crippen LogP contribution is -2.49. The topological polar surface area (TPSA) is 59.1 Å². The summed E-state index contributed by atoms with van der Waals surface area (Å²) in [5.74, 6) is 1.31. The first-order valence-corrected chi connectivity index (χ1v) is 12.8. The molecule has 35 heavy (non-hydrogen) atoms. The molecule has 0 spiro atoms. The minimum absolute atomic E-state index is 0.0445. The van der Waals surface area contributed by atoms with Crippen molar-refractivity contribution in [3.05, 3.63) is 82.0 Å². The standard InChI is InChI=1S/C28H32N2O4S/c1-20(2)30(27(31)16-21-8-5-4-6-9-21)18-28(32)29-14-12-26-24(13-15-35-26)25(29)19-34-23-11-7-10-22(17-23)33-3/h4-11,13,15,17,20,25H,12,14,16,18-19H2,1-3H3/t25-/m1/s1. The minimum Gasteiger partial charge on any atom is -0.497 e. The predicted molar refractivity (Wildman–Crippen MR) is 138 cm³/mol. The van der Waals surface area contributed by atoms with Gasteiger partial charge in [0.2, 0.25) is 11.8 Å². The lowest BCUT2D eigenvalue weighted by molar-refractivity contribution is -0.143. The molecule has 0 unspecified atom stereocenters. The van der Waals surface area contributed by atoms with Gasteiger partial charge in [0.25, 0.3) is 0 Å². The smallest absolute Gasteiger partial charge is 0.242 e. The van der Waals surface area contributed by atoms with Gasteiger partial charge in [-0.3, -0.25) is 9.59 Å². The van der Waals surface area contributed by atoms with E-state index in [0.717, 1.165) is 23.3 Å². The third-order valence-corrected chi connectivity index (χ3v) is 7.31. The number of methoxy groups -OCH3 is 1. The van der Waals surface area contributed by atoms with Crippen molar-refractivity contribution in [1.29, 1.82) is 0 Å². The van der Waals surface area contributed by atoms with E-state index >= 15 is 0 Å². The molecule has 0 N–H and O–H groups in total. The van der Waals surface area contributed by atoms with Crippen LogP contribution in [-0.4, -0.2) is 54.5 Å². The molecule has 0 saturated carbocycles. The fraction of sp³-hybridized carbons (Fsp3) is 0.357. The molecule has 1 aromatic heterocycles. The molecule has 0 bridgehead atoms. The first kappa shape index (κ1) is 24.8. The summed E-state index contributed by atoms with van der Waals surface area (Å²) < 4.78 is 11.4. The summed E-state index contributed by atoms with van der Waals surface area (Å²) in [7, 11) is 1.62. The van der Waals surface area contributed by atoms with Crippen LogP contribution in [-0.2, 0) is 22.4 Å². The second-order valence-corrected chi connectivity index (χ2v) is 9.92. The fourth-order valence-electron chi connectivity index (χ4n) is 4.41. The van der Waals surface area contributed by atoms with Gasteiger partial charge in [-0.05, 0) is 55.0 Å². The summed E-state index contributed by atoms with van der Waals surface area (Å²) in [4.78, 5) is 31.5. The summed E-state index contributed by atoms with van der Waals surface area (Å²) >= 11 is 1.72. The number of nitrogens with zero attached hydrogens (tertiary/aromatic N) is 2. The maximum Gasteiger partial charge on any atom is 0.242 e. The number of hydrogen-bond donors (Lipinski definition) is 0. The van der Waals surface area contributed by atoms with Crippen LogP contribution in [0.1, 0.15) is 35.9 Å². The van der Waals surface area contributed by atoms with E-state index in [4.69, 9.17) is 9.47 Å². The maximum absolute atomic E-state index is 13.6. The molecule has 184 valence electrons. The first-order chi connectivity index (χ1) is 17.0. The lowest BCUT2D eigenvalue weighted by Gasteiger charge is -2.37. The highest BCUT2D eigenvalue weighted by Gasteiger charge is 2.34. The van der Waals surface area contributed by atoms with Crippen molar-refractivity contribution >= 4 is 23.2 Å². The normalized spacial score (nSPS) is 15.0. The van der Waals surface area contributed by atoms with E-state index in [0.29, 0.717) is 18.9 Å². The summed E-state index contributed by atoms with van der Waals surface area (Å²) in [5, 5.41) is 2.07. The van der Waals surface area contributed by atoms with Crippen LogP contribution < -0.4 is 9.47 Å². The Morgan fingerprint density at radius 3 is 2.60 bits per heavy atom. The van der Waals surface area contributed by atoms with Crippen molar-refractivity contribution in [3.63, 3.8) is 0 Å². The Labute approximate surface area is 211 Å². The van der Waals surface area contributed by atoms with Crippen LogP contribution in [0.5, 0.6) is 11.5 Å². The number of amides is 2. The van der Waals surface area contributed by atoms with Gasteiger partial charge in [0, 0.05) is 23.5 Å². The van der Waals surface area contributed by atoms with Gasteiger partial charge in [0.15, 0.2) is 0 Å². The summed E-state index contributed by atoms with van der Waals surface area (Å²) in [5.41, 5.74) is 2.07. The van der Waals surface area contributed by atoms with Gasteiger partial charge in [-0.1, -0.05) is 36.4 Å². The van der Waals surface area contributed by atoms with Crippen LogP contribution in [0.25, 0.3) is 0 Å². The van der Waals surface area contributed by atoms with Gasteiger partial charge < -0.3 is 19.3 Å². The summed E-state index contributed by atoms with van der Waals surface area (Å²) in [6.07, 6.45) is 1.09. The molecular weight excluding hydrogens is 460 g/mol. The number of carbonyl (C=O) groups excluding carboxylic acids is 2. The van der Waals surface area contributed by atoms with E-state index in [1.54, 1.807) is 23.3 Å². The third-order valence-electron chi connectivity index (χ3n) is 6.31. The average molecular weight is 493 g/mol. The van der Waals surface area contributed by atoms with Crippen molar-refractivity contribution in [2.75, 3.05) is 26.8 Å². The van der Waals surface area contributed by atoms with Crippen molar-refractivity contribution in [2.45, 2.75) is 38.8 Å². The van der Waals surface area contributed by atoms with Gasteiger partial charge in [-0.25, -0.2) is 0 Å². The molecule has 3 aromatic rings. The molecule has 0 saturated heterocycles. The Bertz CT molecular complexity index is 1140. The molecule has 7 heteroatoms. The van der Waals surface area contributed by atoms with Crippen molar-refractivity contribution in [2.24, 2.45) is 0 Å². The van der Waals surface area contributed by atoms with E-state index in [-0.39, 0.29) is 36.9 Å². The SMILES string of the molecule is COc1cccc(OC[C@@H]2c3ccsc3CCN2C(=O)CN(C(=O)Cc2ccccc2)C(C)C)c1. The molecule has 1 aliphatic heterocycles. The van der Waals surface area contributed by atoms with Gasteiger partial charge in [0.05, 0.1) is 19.6 Å². The zero-order valence-electron chi connectivity index (χ0n) is 20.5. The Morgan fingerprint density at radius 2 is 1.86 bits per heavy atom. The Kier molecular flexibility index (Phi) is 8.08. The van der Waals surface area contributed by atoms with E-state index < -0.39 is 0 Å². The number of rotatable bonds is 9. The average Bonchev–Trinajstić information content (AvgIpc) is 3.35.